The molecule has 29 heavy (non-hydrogen) atoms. The third-order valence-corrected chi connectivity index (χ3v) is 4.68. The van der Waals surface area contributed by atoms with Gasteiger partial charge in [0.15, 0.2) is 11.2 Å². The first kappa shape index (κ1) is 18.8. The number of anilines is 1. The molecule has 1 amide bonds. The second-order valence-electron chi connectivity index (χ2n) is 6.43. The SMILES string of the molecule is CCc1ccc(NC(=O)Cn2cnc3c(nnn3-c3cccc(Cl)c3)c2=O)cc1. The lowest BCUT2D eigenvalue weighted by Crippen LogP contribution is -2.28. The summed E-state index contributed by atoms with van der Waals surface area (Å²) in [5.74, 6) is -0.334. The molecule has 9 heteroatoms. The van der Waals surface area contributed by atoms with Crippen molar-refractivity contribution in [3.63, 3.8) is 0 Å². The predicted molar refractivity (Wildman–Crippen MR) is 110 cm³/mol. The highest BCUT2D eigenvalue weighted by atomic mass is 35.5. The fourth-order valence-corrected chi connectivity index (χ4v) is 3.10. The van der Waals surface area contributed by atoms with Crippen molar-refractivity contribution in [3.8, 4) is 5.69 Å². The molecule has 0 aliphatic heterocycles. The number of benzene rings is 2. The molecule has 0 radical (unpaired) electrons. The van der Waals surface area contributed by atoms with Gasteiger partial charge >= 0.3 is 0 Å². The zero-order chi connectivity index (χ0) is 20.4. The molecule has 2 heterocycles. The van der Waals surface area contributed by atoms with Crippen molar-refractivity contribution in [2.24, 2.45) is 0 Å². The highest BCUT2D eigenvalue weighted by molar-refractivity contribution is 6.30. The van der Waals surface area contributed by atoms with Gasteiger partial charge < -0.3 is 5.32 Å². The van der Waals surface area contributed by atoms with Crippen molar-refractivity contribution >= 4 is 34.4 Å². The van der Waals surface area contributed by atoms with Crippen molar-refractivity contribution in [1.82, 2.24) is 24.5 Å². The lowest BCUT2D eigenvalue weighted by atomic mass is 10.1. The van der Waals surface area contributed by atoms with E-state index in [9.17, 15) is 9.59 Å². The third kappa shape index (κ3) is 3.88. The van der Waals surface area contributed by atoms with Crippen molar-refractivity contribution in [3.05, 3.63) is 75.8 Å². The molecule has 4 aromatic rings. The number of hydrogen-bond donors (Lipinski definition) is 1. The van der Waals surface area contributed by atoms with Crippen LogP contribution in [0.15, 0.2) is 59.7 Å². The standard InChI is InChI=1S/C20H17ClN6O2/c1-2-13-6-8-15(9-7-13)23-17(28)11-26-12-22-19-18(20(26)29)24-25-27(19)16-5-3-4-14(21)10-16/h3-10,12H,2,11H2,1H3,(H,23,28). The van der Waals surface area contributed by atoms with Crippen molar-refractivity contribution in [1.29, 1.82) is 0 Å². The van der Waals surface area contributed by atoms with E-state index in [4.69, 9.17) is 11.6 Å². The average Bonchev–Trinajstić information content (AvgIpc) is 3.15. The van der Waals surface area contributed by atoms with Gasteiger partial charge in [-0.15, -0.1) is 5.10 Å². The van der Waals surface area contributed by atoms with E-state index in [2.05, 4.69) is 27.5 Å². The Labute approximate surface area is 170 Å². The average molecular weight is 409 g/mol. The summed E-state index contributed by atoms with van der Waals surface area (Å²) in [4.78, 5) is 29.3. The molecule has 1 N–H and O–H groups in total. The van der Waals surface area contributed by atoms with Gasteiger partial charge in [0.2, 0.25) is 5.91 Å². The smallest absolute Gasteiger partial charge is 0.284 e. The third-order valence-electron chi connectivity index (χ3n) is 4.44. The topological polar surface area (TPSA) is 94.7 Å². The number of fused-ring (bicyclic) bond motifs is 1. The van der Waals surface area contributed by atoms with Crippen LogP contribution >= 0.6 is 11.6 Å². The van der Waals surface area contributed by atoms with Gasteiger partial charge in [0, 0.05) is 10.7 Å². The molecule has 0 atom stereocenters. The summed E-state index contributed by atoms with van der Waals surface area (Å²) in [6.07, 6.45) is 2.24. The van der Waals surface area contributed by atoms with Crippen LogP contribution in [0.4, 0.5) is 5.69 Å². The largest absolute Gasteiger partial charge is 0.325 e. The Morgan fingerprint density at radius 1 is 1.17 bits per heavy atom. The molecule has 2 aromatic carbocycles. The van der Waals surface area contributed by atoms with Crippen LogP contribution in [0, 0.1) is 0 Å². The van der Waals surface area contributed by atoms with E-state index in [1.165, 1.54) is 21.1 Å². The number of aromatic nitrogens is 5. The molecular weight excluding hydrogens is 392 g/mol. The van der Waals surface area contributed by atoms with Crippen LogP contribution in [0.2, 0.25) is 5.02 Å². The molecule has 0 bridgehead atoms. The van der Waals surface area contributed by atoms with Crippen LogP contribution in [0.25, 0.3) is 16.9 Å². The van der Waals surface area contributed by atoms with E-state index in [-0.39, 0.29) is 18.0 Å². The van der Waals surface area contributed by atoms with Gasteiger partial charge in [0.1, 0.15) is 12.9 Å². The fourth-order valence-electron chi connectivity index (χ4n) is 2.92. The first-order valence-corrected chi connectivity index (χ1v) is 9.38. The molecule has 0 aliphatic carbocycles. The van der Waals surface area contributed by atoms with Crippen molar-refractivity contribution in [2.45, 2.75) is 19.9 Å². The Bertz CT molecular complexity index is 1250. The van der Waals surface area contributed by atoms with Gasteiger partial charge in [0.25, 0.3) is 5.56 Å². The van der Waals surface area contributed by atoms with E-state index >= 15 is 0 Å². The minimum absolute atomic E-state index is 0.0765. The zero-order valence-electron chi connectivity index (χ0n) is 15.5. The highest BCUT2D eigenvalue weighted by Crippen LogP contribution is 2.16. The fraction of sp³-hybridized carbons (Fsp3) is 0.150. The molecule has 146 valence electrons. The Kier molecular flexibility index (Phi) is 5.09. The number of nitrogens with one attached hydrogen (secondary N) is 1. The number of nitrogens with zero attached hydrogens (tertiary/aromatic N) is 5. The van der Waals surface area contributed by atoms with E-state index in [1.807, 2.05) is 24.3 Å². The van der Waals surface area contributed by atoms with Crippen LogP contribution in [0.3, 0.4) is 0 Å². The summed E-state index contributed by atoms with van der Waals surface area (Å²) in [5, 5.41) is 11.2. The molecular formula is C20H17ClN6O2. The molecule has 0 fully saturated rings. The highest BCUT2D eigenvalue weighted by Gasteiger charge is 2.15. The van der Waals surface area contributed by atoms with Crippen molar-refractivity contribution < 1.29 is 4.79 Å². The van der Waals surface area contributed by atoms with Crippen LogP contribution in [0.1, 0.15) is 12.5 Å². The summed E-state index contributed by atoms with van der Waals surface area (Å²) in [7, 11) is 0. The Hall–Kier alpha value is -3.52. The molecule has 8 nitrogen and oxygen atoms in total. The van der Waals surface area contributed by atoms with E-state index in [0.29, 0.717) is 22.0 Å². The van der Waals surface area contributed by atoms with E-state index < -0.39 is 5.56 Å². The number of aryl methyl sites for hydroxylation is 1. The second kappa shape index (κ2) is 7.84. The van der Waals surface area contributed by atoms with Gasteiger partial charge in [0.05, 0.1) is 5.69 Å². The lowest BCUT2D eigenvalue weighted by molar-refractivity contribution is -0.116. The van der Waals surface area contributed by atoms with Gasteiger partial charge in [-0.05, 0) is 42.3 Å². The quantitative estimate of drug-likeness (QED) is 0.548. The van der Waals surface area contributed by atoms with Gasteiger partial charge in [-0.25, -0.2) is 4.98 Å². The maximum atomic E-state index is 12.7. The number of rotatable bonds is 5. The molecule has 0 unspecified atom stereocenters. The van der Waals surface area contributed by atoms with E-state index in [0.717, 1.165) is 6.42 Å². The maximum absolute atomic E-state index is 12.7. The van der Waals surface area contributed by atoms with Crippen LogP contribution in [0.5, 0.6) is 0 Å². The molecule has 0 saturated carbocycles. The first-order chi connectivity index (χ1) is 14.0. The number of halogens is 1. The number of carbonyl (C=O) groups is 1. The molecule has 4 rings (SSSR count). The van der Waals surface area contributed by atoms with E-state index in [1.54, 1.807) is 24.3 Å². The summed E-state index contributed by atoms with van der Waals surface area (Å²) in [6.45, 7) is 1.88. The van der Waals surface area contributed by atoms with Crippen LogP contribution < -0.4 is 10.9 Å². The van der Waals surface area contributed by atoms with Gasteiger partial charge in [-0.1, -0.05) is 41.9 Å². The van der Waals surface area contributed by atoms with Gasteiger partial charge in [-0.3, -0.25) is 14.2 Å². The molecule has 0 saturated heterocycles. The summed E-state index contributed by atoms with van der Waals surface area (Å²) < 4.78 is 2.64. The Morgan fingerprint density at radius 2 is 1.97 bits per heavy atom. The summed E-state index contributed by atoms with van der Waals surface area (Å²) in [6, 6.07) is 14.5. The minimum Gasteiger partial charge on any atom is -0.325 e. The van der Waals surface area contributed by atoms with Crippen LogP contribution in [-0.2, 0) is 17.8 Å². The Balaban J connectivity index is 1.58. The monoisotopic (exact) mass is 408 g/mol. The molecule has 0 aliphatic rings. The Morgan fingerprint density at radius 3 is 2.69 bits per heavy atom. The number of amides is 1. The minimum atomic E-state index is -0.445. The normalized spacial score (nSPS) is 11.0. The zero-order valence-corrected chi connectivity index (χ0v) is 16.3. The maximum Gasteiger partial charge on any atom is 0.284 e. The summed E-state index contributed by atoms with van der Waals surface area (Å²) >= 11 is 6.02. The van der Waals surface area contributed by atoms with Crippen molar-refractivity contribution in [2.75, 3.05) is 5.32 Å². The van der Waals surface area contributed by atoms with Crippen LogP contribution in [-0.4, -0.2) is 30.5 Å². The first-order valence-electron chi connectivity index (χ1n) is 9.00. The summed E-state index contributed by atoms with van der Waals surface area (Å²) in [5.41, 5.74) is 2.41. The number of hydrogen-bond acceptors (Lipinski definition) is 5. The van der Waals surface area contributed by atoms with Gasteiger partial charge in [-0.2, -0.15) is 4.68 Å². The number of carbonyl (C=O) groups excluding carboxylic acids is 1. The lowest BCUT2D eigenvalue weighted by Gasteiger charge is -2.08. The molecule has 0 spiro atoms. The molecule has 2 aromatic heterocycles. The second-order valence-corrected chi connectivity index (χ2v) is 6.87. The predicted octanol–water partition coefficient (Wildman–Crippen LogP) is 2.83.